The first kappa shape index (κ1) is 13.1. The minimum absolute atomic E-state index is 0. The molecule has 1 saturated heterocycles. The summed E-state index contributed by atoms with van der Waals surface area (Å²) in [6.07, 6.45) is 2.31. The molecule has 80 valence electrons. The van der Waals surface area contributed by atoms with Gasteiger partial charge in [0.25, 0.3) is 0 Å². The minimum Gasteiger partial charge on any atom is -0.396 e. The molecular weight excluding hydrogens is 200 g/mol. The van der Waals surface area contributed by atoms with Gasteiger partial charge in [0.1, 0.15) is 0 Å². The predicted molar refractivity (Wildman–Crippen MR) is 49.3 cm³/mol. The predicted octanol–water partition coefficient (Wildman–Crippen LogP) is 1.87. The summed E-state index contributed by atoms with van der Waals surface area (Å²) in [5, 5.41) is 8.43. The maximum atomic E-state index is 13.1. The van der Waals surface area contributed by atoms with Crippen molar-refractivity contribution in [2.45, 2.75) is 31.7 Å². The fourth-order valence-electron chi connectivity index (χ4n) is 1.51. The number of hydrogen-bond acceptors (Lipinski definition) is 2. The van der Waals surface area contributed by atoms with E-state index in [2.05, 4.69) is 0 Å². The zero-order valence-corrected chi connectivity index (χ0v) is 8.32. The van der Waals surface area contributed by atoms with Gasteiger partial charge in [0.15, 0.2) is 0 Å². The molecule has 0 aliphatic carbocycles. The third kappa shape index (κ3) is 3.75. The van der Waals surface area contributed by atoms with E-state index >= 15 is 0 Å². The zero-order valence-electron chi connectivity index (χ0n) is 7.51. The molecule has 1 aliphatic rings. The van der Waals surface area contributed by atoms with E-state index in [1.807, 2.05) is 0 Å². The highest BCUT2D eigenvalue weighted by atomic mass is 35.5. The van der Waals surface area contributed by atoms with Crippen LogP contribution in [-0.4, -0.2) is 35.7 Å². The van der Waals surface area contributed by atoms with E-state index in [1.54, 1.807) is 0 Å². The van der Waals surface area contributed by atoms with Crippen LogP contribution in [0.15, 0.2) is 0 Å². The highest BCUT2D eigenvalue weighted by Crippen LogP contribution is 2.26. The molecule has 0 saturated carbocycles. The molecular formula is C8H16ClF2NO. The van der Waals surface area contributed by atoms with Gasteiger partial charge >= 0.3 is 6.05 Å². The number of piperidine rings is 1. The van der Waals surface area contributed by atoms with Crippen molar-refractivity contribution in [2.75, 3.05) is 19.7 Å². The van der Waals surface area contributed by atoms with Gasteiger partial charge in [-0.1, -0.05) is 6.42 Å². The highest BCUT2D eigenvalue weighted by Gasteiger charge is 2.36. The van der Waals surface area contributed by atoms with Crippen LogP contribution in [0.5, 0.6) is 0 Å². The molecule has 0 unspecified atom stereocenters. The molecule has 0 bridgehead atoms. The summed E-state index contributed by atoms with van der Waals surface area (Å²) in [5.41, 5.74) is 0. The van der Waals surface area contributed by atoms with Crippen molar-refractivity contribution in [2.24, 2.45) is 0 Å². The molecule has 0 aromatic carbocycles. The summed E-state index contributed by atoms with van der Waals surface area (Å²) < 4.78 is 26.2. The van der Waals surface area contributed by atoms with Crippen LogP contribution >= 0.6 is 12.4 Å². The third-order valence-corrected chi connectivity index (χ3v) is 2.23. The van der Waals surface area contributed by atoms with Crippen molar-refractivity contribution < 1.29 is 13.9 Å². The van der Waals surface area contributed by atoms with E-state index in [1.165, 1.54) is 4.90 Å². The average Bonchev–Trinajstić information content (AvgIpc) is 2.06. The Hall–Kier alpha value is 0.0700. The van der Waals surface area contributed by atoms with Gasteiger partial charge in [0.2, 0.25) is 0 Å². The van der Waals surface area contributed by atoms with E-state index in [9.17, 15) is 8.78 Å². The van der Waals surface area contributed by atoms with Crippen LogP contribution in [-0.2, 0) is 0 Å². The second-order valence-electron chi connectivity index (χ2n) is 3.19. The molecule has 0 aromatic rings. The van der Waals surface area contributed by atoms with Crippen molar-refractivity contribution >= 4 is 12.4 Å². The maximum absolute atomic E-state index is 13.1. The maximum Gasteiger partial charge on any atom is 0.307 e. The van der Waals surface area contributed by atoms with E-state index < -0.39 is 19.1 Å². The molecule has 0 radical (unpaired) electrons. The van der Waals surface area contributed by atoms with Crippen molar-refractivity contribution in [1.29, 1.82) is 0 Å². The smallest absolute Gasteiger partial charge is 0.307 e. The topological polar surface area (TPSA) is 23.5 Å². The molecule has 1 fully saturated rings. The highest BCUT2D eigenvalue weighted by molar-refractivity contribution is 5.85. The summed E-state index contributed by atoms with van der Waals surface area (Å²) in [4.78, 5) is 1.17. The number of nitrogens with zero attached hydrogens (tertiary/aromatic N) is 1. The van der Waals surface area contributed by atoms with Gasteiger partial charge in [-0.15, -0.1) is 12.4 Å². The van der Waals surface area contributed by atoms with Crippen molar-refractivity contribution in [3.8, 4) is 0 Å². The number of hydrogen-bond donors (Lipinski definition) is 1. The second-order valence-corrected chi connectivity index (χ2v) is 3.19. The fraction of sp³-hybridized carbons (Fsp3) is 1.00. The Morgan fingerprint density at radius 3 is 2.15 bits per heavy atom. The van der Waals surface area contributed by atoms with Crippen LogP contribution in [0.3, 0.4) is 0 Å². The fourth-order valence-corrected chi connectivity index (χ4v) is 1.51. The van der Waals surface area contributed by atoms with Gasteiger partial charge in [-0.25, -0.2) is 4.90 Å². The van der Waals surface area contributed by atoms with E-state index in [4.69, 9.17) is 5.11 Å². The van der Waals surface area contributed by atoms with Crippen LogP contribution in [0.2, 0.25) is 0 Å². The molecule has 2 nitrogen and oxygen atoms in total. The molecule has 0 spiro atoms. The van der Waals surface area contributed by atoms with Crippen LogP contribution in [0.4, 0.5) is 8.78 Å². The van der Waals surface area contributed by atoms with Crippen molar-refractivity contribution in [3.63, 3.8) is 0 Å². The van der Waals surface area contributed by atoms with Crippen LogP contribution in [0.1, 0.15) is 25.7 Å². The van der Waals surface area contributed by atoms with Gasteiger partial charge in [0, 0.05) is 19.5 Å². The molecule has 5 heteroatoms. The first-order chi connectivity index (χ1) is 5.67. The Labute approximate surface area is 83.3 Å². The Kier molecular flexibility index (Phi) is 5.76. The lowest BCUT2D eigenvalue weighted by molar-refractivity contribution is -0.162. The first-order valence-electron chi connectivity index (χ1n) is 4.40. The second kappa shape index (κ2) is 5.73. The van der Waals surface area contributed by atoms with Gasteiger partial charge in [-0.2, -0.15) is 8.78 Å². The Bertz CT molecular complexity index is 140. The lowest BCUT2D eigenvalue weighted by Gasteiger charge is -2.33. The Morgan fingerprint density at radius 1 is 1.15 bits per heavy atom. The van der Waals surface area contributed by atoms with Crippen molar-refractivity contribution in [3.05, 3.63) is 0 Å². The molecule has 0 aromatic heterocycles. The quantitative estimate of drug-likeness (QED) is 0.727. The standard InChI is InChI=1S/C8H15F2NO.ClH/c9-8(10,4-7-12)11-5-2-1-3-6-11;/h12H,1-7H2;1H. The summed E-state index contributed by atoms with van der Waals surface area (Å²) in [5.74, 6) is 0. The van der Waals surface area contributed by atoms with E-state index in [0.717, 1.165) is 19.3 Å². The van der Waals surface area contributed by atoms with Gasteiger partial charge in [0.05, 0.1) is 6.61 Å². The minimum atomic E-state index is -2.80. The normalized spacial score (nSPS) is 19.6. The third-order valence-electron chi connectivity index (χ3n) is 2.23. The number of alkyl halides is 2. The molecule has 0 amide bonds. The lowest BCUT2D eigenvalue weighted by atomic mass is 10.1. The monoisotopic (exact) mass is 215 g/mol. The number of aliphatic hydroxyl groups excluding tert-OH is 1. The van der Waals surface area contributed by atoms with Gasteiger partial charge < -0.3 is 5.11 Å². The first-order valence-corrected chi connectivity index (χ1v) is 4.40. The van der Waals surface area contributed by atoms with Gasteiger partial charge in [-0.05, 0) is 12.8 Å². The molecule has 1 heterocycles. The van der Waals surface area contributed by atoms with Crippen LogP contribution < -0.4 is 0 Å². The Balaban J connectivity index is 0.00000144. The van der Waals surface area contributed by atoms with E-state index in [-0.39, 0.29) is 12.4 Å². The summed E-state index contributed by atoms with van der Waals surface area (Å²) >= 11 is 0. The van der Waals surface area contributed by atoms with E-state index in [0.29, 0.717) is 13.1 Å². The number of aliphatic hydroxyl groups is 1. The lowest BCUT2D eigenvalue weighted by Crippen LogP contribution is -2.45. The van der Waals surface area contributed by atoms with Gasteiger partial charge in [-0.3, -0.25) is 0 Å². The molecule has 1 rings (SSSR count). The number of rotatable bonds is 3. The average molecular weight is 216 g/mol. The largest absolute Gasteiger partial charge is 0.396 e. The Morgan fingerprint density at radius 2 is 1.69 bits per heavy atom. The summed E-state index contributed by atoms with van der Waals surface area (Å²) in [6.45, 7) is 0.490. The number of likely N-dealkylation sites (tertiary alicyclic amines) is 1. The molecule has 1 N–H and O–H groups in total. The van der Waals surface area contributed by atoms with Crippen molar-refractivity contribution in [1.82, 2.24) is 4.90 Å². The zero-order chi connectivity index (χ0) is 9.03. The summed E-state index contributed by atoms with van der Waals surface area (Å²) in [7, 11) is 0. The van der Waals surface area contributed by atoms with Crippen LogP contribution in [0, 0.1) is 0 Å². The molecule has 13 heavy (non-hydrogen) atoms. The molecule has 0 atom stereocenters. The number of halogens is 3. The van der Waals surface area contributed by atoms with Crippen LogP contribution in [0.25, 0.3) is 0 Å². The molecule has 1 aliphatic heterocycles. The SMILES string of the molecule is Cl.OCCC(F)(F)N1CCCCC1. The summed E-state index contributed by atoms with van der Waals surface area (Å²) in [6, 6.07) is -2.80.